The number of hydrogen-bond donors (Lipinski definition) is 0. The largest absolute Gasteiger partial charge is 2.00 e. The Morgan fingerprint density at radius 1 is 1.18 bits per heavy atom. The second kappa shape index (κ2) is 12.2. The van der Waals surface area contributed by atoms with Crippen LogP contribution < -0.4 is 9.79 Å². The normalized spacial score (nSPS) is 14.6. The van der Waals surface area contributed by atoms with Crippen molar-refractivity contribution in [2.45, 2.75) is 12.3 Å². The Kier molecular flexibility index (Phi) is 14.6. The molecule has 3 unspecified atom stereocenters. The molecule has 0 bridgehead atoms. The molecule has 0 fully saturated rings. The van der Waals surface area contributed by atoms with Crippen molar-refractivity contribution in [2.24, 2.45) is 0 Å². The van der Waals surface area contributed by atoms with E-state index >= 15 is 0 Å². The molecule has 0 saturated carbocycles. The van der Waals surface area contributed by atoms with Gasteiger partial charge in [0, 0.05) is 0 Å². The number of halogens is 1. The van der Waals surface area contributed by atoms with Gasteiger partial charge in [0.1, 0.15) is 16.5 Å². The molecule has 0 radical (unpaired) electrons. The predicted molar refractivity (Wildman–Crippen MR) is 65.6 cm³/mol. The molecule has 0 aliphatic rings. The molecule has 0 aliphatic carbocycles. The van der Waals surface area contributed by atoms with Gasteiger partial charge in [-0.1, -0.05) is 30.3 Å². The van der Waals surface area contributed by atoms with E-state index in [1.807, 2.05) is 37.3 Å². The summed E-state index contributed by atoms with van der Waals surface area (Å²) in [5.74, 6) is 0. The van der Waals surface area contributed by atoms with Crippen molar-refractivity contribution >= 4 is 65.8 Å². The summed E-state index contributed by atoms with van der Waals surface area (Å²) < 4.78 is 21.8. The van der Waals surface area contributed by atoms with Crippen LogP contribution in [0.2, 0.25) is 0 Å². The summed E-state index contributed by atoms with van der Waals surface area (Å²) in [5, 5.41) is 0.131. The Morgan fingerprint density at radius 3 is 1.76 bits per heavy atom. The molecule has 0 amide bonds. The first-order valence-electron chi connectivity index (χ1n) is 4.22. The van der Waals surface area contributed by atoms with Crippen molar-refractivity contribution in [1.29, 1.82) is 0 Å². The van der Waals surface area contributed by atoms with Crippen LogP contribution in [0.3, 0.4) is 0 Å². The van der Waals surface area contributed by atoms with Crippen LogP contribution >= 0.6 is 28.1 Å². The predicted octanol–water partition coefficient (Wildman–Crippen LogP) is 1.11. The van der Waals surface area contributed by atoms with E-state index in [4.69, 9.17) is 11.6 Å². The van der Waals surface area contributed by atoms with Crippen molar-refractivity contribution in [3.63, 3.8) is 0 Å². The third kappa shape index (κ3) is 13.3. The molecule has 9 heteroatoms. The average molecular weight is 325 g/mol. The monoisotopic (exact) mass is 324 g/mol. The molecule has 0 aliphatic heterocycles. The molecule has 3 atom stereocenters. The van der Waals surface area contributed by atoms with Crippen molar-refractivity contribution < 1.29 is 23.2 Å². The number of hydrogen-bond acceptors (Lipinski definition) is 5. The van der Waals surface area contributed by atoms with Gasteiger partial charge in [-0.2, -0.15) is 0 Å². The third-order valence-electron chi connectivity index (χ3n) is 1.43. The fraction of sp³-hybridized carbons (Fsp3) is 0.250. The van der Waals surface area contributed by atoms with E-state index in [1.165, 1.54) is 5.56 Å². The van der Waals surface area contributed by atoms with Crippen LogP contribution in [0.15, 0.2) is 30.3 Å². The zero-order chi connectivity index (χ0) is 12.6. The average Bonchev–Trinajstić information content (AvgIpc) is 2.17. The van der Waals surface area contributed by atoms with Crippen molar-refractivity contribution in [3.8, 4) is 0 Å². The molecule has 0 N–H and O–H groups in total. The van der Waals surface area contributed by atoms with Crippen LogP contribution in [0.1, 0.15) is 17.9 Å². The van der Waals surface area contributed by atoms with Gasteiger partial charge in [0.2, 0.25) is 0 Å². The fourth-order valence-electron chi connectivity index (χ4n) is 0.786. The van der Waals surface area contributed by atoms with E-state index in [-0.39, 0.29) is 43.1 Å². The topological polar surface area (TPSA) is 89.5 Å². The second-order valence-corrected chi connectivity index (χ2v) is 5.10. The third-order valence-corrected chi connectivity index (χ3v) is 3.01. The molecule has 1 rings (SSSR count). The first kappa shape index (κ1) is 20.4. The molecule has 92 valence electrons. The van der Waals surface area contributed by atoms with Crippen molar-refractivity contribution in [1.82, 2.24) is 0 Å². The Hall–Kier alpha value is 1.11. The molecule has 0 spiro atoms. The standard InChI is InChI=1S/C8H9Cl.Ca.H4O5P2/c1-7(9)8-5-3-2-4-6-8;;1-6(2)5-7(3)4/h2-7H,1H3;;6-7H,(H,1,2)(H,3,4)/q;+2;/p-2. The van der Waals surface area contributed by atoms with E-state index in [0.29, 0.717) is 0 Å². The van der Waals surface area contributed by atoms with E-state index in [9.17, 15) is 18.9 Å². The van der Waals surface area contributed by atoms with Crippen molar-refractivity contribution in [2.75, 3.05) is 0 Å². The van der Waals surface area contributed by atoms with E-state index in [0.717, 1.165) is 0 Å². The zero-order valence-corrected chi connectivity index (χ0v) is 14.1. The minimum Gasteiger partial charge on any atom is -0.781 e. The maximum absolute atomic E-state index is 9.29. The van der Waals surface area contributed by atoms with Gasteiger partial charge in [-0.15, -0.1) is 11.6 Å². The molecule has 0 saturated heterocycles. The summed E-state index contributed by atoms with van der Waals surface area (Å²) in [6.45, 7) is 1.97. The van der Waals surface area contributed by atoms with Crippen LogP contribution in [-0.4, -0.2) is 37.7 Å². The molecule has 1 aromatic carbocycles. The van der Waals surface area contributed by atoms with Crippen LogP contribution in [0, 0.1) is 0 Å². The molecule has 1 aromatic rings. The first-order chi connectivity index (χ1) is 7.43. The SMILES string of the molecule is CC(Cl)c1ccccc1.O=[PH]([O-])O[PH](=O)[O-].[Ca+2]. The summed E-state index contributed by atoms with van der Waals surface area (Å²) in [4.78, 5) is 18.6. The number of alkyl halides is 1. The van der Waals surface area contributed by atoms with E-state index < -0.39 is 16.5 Å². The Morgan fingerprint density at radius 2 is 1.59 bits per heavy atom. The van der Waals surface area contributed by atoms with Gasteiger partial charge >= 0.3 is 37.7 Å². The Balaban J connectivity index is 0. The quantitative estimate of drug-likeness (QED) is 0.472. The summed E-state index contributed by atoms with van der Waals surface area (Å²) in [5.41, 5.74) is 1.18. The minimum atomic E-state index is -3.51. The summed E-state index contributed by atoms with van der Waals surface area (Å²) >= 11 is 5.80. The maximum atomic E-state index is 9.29. The van der Waals surface area contributed by atoms with Gasteiger partial charge < -0.3 is 18.9 Å². The molecular weight excluding hydrogens is 314 g/mol. The van der Waals surface area contributed by atoms with E-state index in [1.54, 1.807) is 0 Å². The molecule has 0 heterocycles. The minimum absolute atomic E-state index is 0. The molecule has 0 aromatic heterocycles. The van der Waals surface area contributed by atoms with Crippen LogP contribution in [0.25, 0.3) is 0 Å². The smallest absolute Gasteiger partial charge is 0.781 e. The summed E-state index contributed by atoms with van der Waals surface area (Å²) in [6, 6.07) is 10.0. The number of rotatable bonds is 3. The number of benzene rings is 1. The molecule has 17 heavy (non-hydrogen) atoms. The summed E-state index contributed by atoms with van der Waals surface area (Å²) in [7, 11) is -7.03. The Bertz CT molecular complexity index is 337. The molecular formula is C8H11CaClO5P2. The van der Waals surface area contributed by atoms with Gasteiger partial charge in [0.25, 0.3) is 0 Å². The summed E-state index contributed by atoms with van der Waals surface area (Å²) in [6.07, 6.45) is 0. The van der Waals surface area contributed by atoms with E-state index in [2.05, 4.69) is 4.31 Å². The van der Waals surface area contributed by atoms with Gasteiger partial charge in [-0.3, -0.25) is 4.31 Å². The van der Waals surface area contributed by atoms with Gasteiger partial charge in [-0.05, 0) is 12.5 Å². The molecule has 5 nitrogen and oxygen atoms in total. The van der Waals surface area contributed by atoms with Gasteiger partial charge in [0.15, 0.2) is 0 Å². The second-order valence-electron chi connectivity index (χ2n) is 2.63. The van der Waals surface area contributed by atoms with Crippen molar-refractivity contribution in [3.05, 3.63) is 35.9 Å². The van der Waals surface area contributed by atoms with Crippen LogP contribution in [0.4, 0.5) is 0 Å². The fourth-order valence-corrected chi connectivity index (χ4v) is 1.48. The van der Waals surface area contributed by atoms with Crippen LogP contribution in [0.5, 0.6) is 0 Å². The van der Waals surface area contributed by atoms with Gasteiger partial charge in [-0.25, -0.2) is 0 Å². The van der Waals surface area contributed by atoms with Gasteiger partial charge in [0.05, 0.1) is 5.38 Å². The maximum Gasteiger partial charge on any atom is 2.00 e. The zero-order valence-electron chi connectivity index (χ0n) is 9.09. The first-order valence-corrected chi connectivity index (χ1v) is 7.11. The Labute approximate surface area is 136 Å². The van der Waals surface area contributed by atoms with Crippen LogP contribution in [-0.2, 0) is 13.4 Å².